The molecular formula is C30H36F3N3O6. The van der Waals surface area contributed by atoms with Gasteiger partial charge in [-0.1, -0.05) is 11.2 Å². The van der Waals surface area contributed by atoms with Crippen molar-refractivity contribution in [3.05, 3.63) is 53.1 Å². The second-order valence-electron chi connectivity index (χ2n) is 11.5. The smallest absolute Gasteiger partial charge is 0.419 e. The first kappa shape index (κ1) is 29.7. The highest BCUT2D eigenvalue weighted by Crippen LogP contribution is 2.38. The number of carbonyl (C=O) groups is 1. The molecule has 9 nitrogen and oxygen atoms in total. The average Bonchev–Trinajstić information content (AvgIpc) is 3.56. The summed E-state index contributed by atoms with van der Waals surface area (Å²) >= 11 is 0. The van der Waals surface area contributed by atoms with Gasteiger partial charge in [-0.05, 0) is 82.3 Å². The molecule has 3 aliphatic heterocycles. The predicted molar refractivity (Wildman–Crippen MR) is 148 cm³/mol. The molecule has 42 heavy (non-hydrogen) atoms. The van der Waals surface area contributed by atoms with Crippen LogP contribution in [0.3, 0.4) is 0 Å². The number of likely N-dealkylation sites (N-methyl/N-ethyl adjacent to an activating group) is 1. The summed E-state index contributed by atoms with van der Waals surface area (Å²) in [6.07, 6.45) is -3.21. The highest BCUT2D eigenvalue weighted by atomic mass is 19.4. The summed E-state index contributed by atoms with van der Waals surface area (Å²) in [6.45, 7) is 6.97. The van der Waals surface area contributed by atoms with Crippen LogP contribution in [0.4, 0.5) is 18.0 Å². The third-order valence-corrected chi connectivity index (χ3v) is 7.24. The fourth-order valence-corrected chi connectivity index (χ4v) is 5.30. The molecule has 2 aromatic rings. The van der Waals surface area contributed by atoms with Crippen molar-refractivity contribution in [1.82, 2.24) is 9.80 Å². The van der Waals surface area contributed by atoms with Crippen LogP contribution in [-0.2, 0) is 22.2 Å². The Labute approximate surface area is 243 Å². The molecule has 0 radical (unpaired) electrons. The lowest BCUT2D eigenvalue weighted by atomic mass is 10.1. The quantitative estimate of drug-likeness (QED) is 0.375. The molecule has 12 heteroatoms. The van der Waals surface area contributed by atoms with E-state index in [1.807, 2.05) is 18.2 Å². The average molecular weight is 592 g/mol. The molecule has 3 aliphatic rings. The molecule has 5 rings (SSSR count). The molecular weight excluding hydrogens is 555 g/mol. The number of hydrogen-bond donors (Lipinski definition) is 0. The monoisotopic (exact) mass is 591 g/mol. The van der Waals surface area contributed by atoms with E-state index >= 15 is 0 Å². The minimum Gasteiger partial charge on any atom is -0.493 e. The largest absolute Gasteiger partial charge is 0.493 e. The van der Waals surface area contributed by atoms with E-state index in [4.69, 9.17) is 23.8 Å². The number of amidine groups is 1. The Bertz CT molecular complexity index is 1330. The fourth-order valence-electron chi connectivity index (χ4n) is 5.30. The molecule has 0 aromatic heterocycles. The van der Waals surface area contributed by atoms with E-state index in [2.05, 4.69) is 5.16 Å². The summed E-state index contributed by atoms with van der Waals surface area (Å²) in [5.74, 6) is 1.35. The third-order valence-electron chi connectivity index (χ3n) is 7.24. The first-order valence-corrected chi connectivity index (χ1v) is 14.1. The number of alkyl halides is 3. The summed E-state index contributed by atoms with van der Waals surface area (Å²) in [4.78, 5) is 21.7. The number of likely N-dealkylation sites (tertiary alicyclic amines) is 1. The Balaban J connectivity index is 1.23. The van der Waals surface area contributed by atoms with Crippen LogP contribution < -0.4 is 14.2 Å². The zero-order valence-corrected chi connectivity index (χ0v) is 24.2. The number of nitrogens with zero attached hydrogens (tertiary/aromatic N) is 3. The zero-order chi connectivity index (χ0) is 30.1. The fraction of sp³-hybridized carbons (Fsp3) is 0.533. The van der Waals surface area contributed by atoms with Crippen molar-refractivity contribution < 1.29 is 41.8 Å². The molecule has 3 heterocycles. The maximum Gasteiger partial charge on any atom is 0.419 e. The van der Waals surface area contributed by atoms with Crippen molar-refractivity contribution in [3.63, 3.8) is 0 Å². The molecule has 1 amide bonds. The first-order chi connectivity index (χ1) is 19.9. The van der Waals surface area contributed by atoms with E-state index in [1.165, 1.54) is 12.1 Å². The van der Waals surface area contributed by atoms with Crippen LogP contribution in [-0.4, -0.2) is 73.0 Å². The Morgan fingerprint density at radius 3 is 2.57 bits per heavy atom. The Kier molecular flexibility index (Phi) is 8.34. The van der Waals surface area contributed by atoms with Gasteiger partial charge < -0.3 is 28.7 Å². The van der Waals surface area contributed by atoms with Gasteiger partial charge in [0.2, 0.25) is 6.23 Å². The minimum atomic E-state index is -4.64. The van der Waals surface area contributed by atoms with Gasteiger partial charge >= 0.3 is 12.3 Å². The number of amides is 1. The lowest BCUT2D eigenvalue weighted by Crippen LogP contribution is -2.50. The molecule has 1 saturated heterocycles. The number of rotatable bonds is 7. The standard InChI is InChI=1S/C30H36F3N3O6/c1-29(2,3)41-28(37)36-13-5-8-22(36)27-35(4)26(34-42-27)20-10-12-23(21(18-20)30(31,32)33)38-14-6-7-19-9-11-24-25(17-19)40-16-15-39-24/h9-12,17-18,22,27H,5-8,13-16H2,1-4H3/t22-,27?/m0/s1. The number of benzene rings is 2. The number of carbonyl (C=O) groups excluding carboxylic acids is 1. The normalized spacial score (nSPS) is 20.3. The Morgan fingerprint density at radius 1 is 1.07 bits per heavy atom. The minimum absolute atomic E-state index is 0.102. The third kappa shape index (κ3) is 6.63. The van der Waals surface area contributed by atoms with Crippen molar-refractivity contribution in [2.24, 2.45) is 5.16 Å². The molecule has 2 aromatic carbocycles. The molecule has 0 spiro atoms. The van der Waals surface area contributed by atoms with E-state index in [9.17, 15) is 18.0 Å². The molecule has 0 aliphatic carbocycles. The summed E-state index contributed by atoms with van der Waals surface area (Å²) < 4.78 is 64.6. The number of ether oxygens (including phenoxy) is 4. The van der Waals surface area contributed by atoms with Crippen LogP contribution in [0.15, 0.2) is 41.6 Å². The van der Waals surface area contributed by atoms with E-state index in [0.29, 0.717) is 50.5 Å². The lowest BCUT2D eigenvalue weighted by Gasteiger charge is -2.33. The predicted octanol–water partition coefficient (Wildman–Crippen LogP) is 5.84. The summed E-state index contributed by atoms with van der Waals surface area (Å²) in [7, 11) is 1.69. The Morgan fingerprint density at radius 2 is 1.83 bits per heavy atom. The van der Waals surface area contributed by atoms with E-state index < -0.39 is 29.7 Å². The lowest BCUT2D eigenvalue weighted by molar-refractivity contribution is -0.139. The van der Waals surface area contributed by atoms with Gasteiger partial charge in [-0.2, -0.15) is 13.2 Å². The van der Waals surface area contributed by atoms with Crippen molar-refractivity contribution in [3.8, 4) is 17.2 Å². The van der Waals surface area contributed by atoms with Crippen LogP contribution in [0.1, 0.15) is 56.7 Å². The zero-order valence-electron chi connectivity index (χ0n) is 24.2. The van der Waals surface area contributed by atoms with Crippen molar-refractivity contribution in [2.45, 2.75) is 70.5 Å². The van der Waals surface area contributed by atoms with Gasteiger partial charge in [0.15, 0.2) is 17.3 Å². The van der Waals surface area contributed by atoms with E-state index in [0.717, 1.165) is 18.1 Å². The Hall–Kier alpha value is -3.83. The molecule has 0 saturated carbocycles. The highest BCUT2D eigenvalue weighted by molar-refractivity contribution is 5.99. The second kappa shape index (κ2) is 11.8. The molecule has 0 bridgehead atoms. The van der Waals surface area contributed by atoms with Crippen LogP contribution in [0.5, 0.6) is 17.2 Å². The second-order valence-corrected chi connectivity index (χ2v) is 11.5. The van der Waals surface area contributed by atoms with Gasteiger partial charge in [0.05, 0.1) is 18.2 Å². The van der Waals surface area contributed by atoms with Crippen LogP contribution >= 0.6 is 0 Å². The van der Waals surface area contributed by atoms with Crippen molar-refractivity contribution in [1.29, 1.82) is 0 Å². The SMILES string of the molecule is CN1C(c2ccc(OCCCc3ccc4c(c3)OCCO4)c(C(F)(F)F)c2)=NOC1[C@@H]1CCCN1C(=O)OC(C)(C)C. The molecule has 228 valence electrons. The van der Waals surface area contributed by atoms with Crippen molar-refractivity contribution >= 4 is 11.9 Å². The maximum atomic E-state index is 14.1. The summed E-state index contributed by atoms with van der Waals surface area (Å²) in [6, 6.07) is 9.15. The van der Waals surface area contributed by atoms with Crippen LogP contribution in [0, 0.1) is 0 Å². The van der Waals surface area contributed by atoms with Gasteiger partial charge in [0.25, 0.3) is 0 Å². The summed E-state index contributed by atoms with van der Waals surface area (Å²) in [5.41, 5.74) is -0.330. The van der Waals surface area contributed by atoms with Crippen LogP contribution in [0.2, 0.25) is 0 Å². The highest BCUT2D eigenvalue weighted by Gasteiger charge is 2.44. The van der Waals surface area contributed by atoms with Crippen LogP contribution in [0.25, 0.3) is 0 Å². The molecule has 1 unspecified atom stereocenters. The van der Waals surface area contributed by atoms with E-state index in [1.54, 1.807) is 37.6 Å². The number of oxime groups is 1. The number of halogens is 3. The molecule has 2 atom stereocenters. The first-order valence-electron chi connectivity index (χ1n) is 14.1. The number of fused-ring (bicyclic) bond motifs is 1. The summed E-state index contributed by atoms with van der Waals surface area (Å²) in [5, 5.41) is 4.11. The van der Waals surface area contributed by atoms with Gasteiger partial charge in [-0.3, -0.25) is 4.90 Å². The number of hydrogen-bond acceptors (Lipinski definition) is 8. The van der Waals surface area contributed by atoms with Gasteiger partial charge in [0, 0.05) is 19.2 Å². The van der Waals surface area contributed by atoms with Crippen molar-refractivity contribution in [2.75, 3.05) is 33.4 Å². The maximum absolute atomic E-state index is 14.1. The number of aryl methyl sites for hydroxylation is 1. The van der Waals surface area contributed by atoms with Gasteiger partial charge in [-0.15, -0.1) is 0 Å². The van der Waals surface area contributed by atoms with E-state index in [-0.39, 0.29) is 29.8 Å². The molecule has 0 N–H and O–H groups in total. The van der Waals surface area contributed by atoms with Gasteiger partial charge in [0.1, 0.15) is 24.6 Å². The van der Waals surface area contributed by atoms with Gasteiger partial charge in [-0.25, -0.2) is 4.79 Å². The molecule has 1 fully saturated rings. The topological polar surface area (TPSA) is 82.1 Å².